The number of hydrogen-bond donors (Lipinski definition) is 0. The van der Waals surface area contributed by atoms with Crippen LogP contribution in [0.5, 0.6) is 5.75 Å². The van der Waals surface area contributed by atoms with E-state index < -0.39 is 0 Å². The van der Waals surface area contributed by atoms with E-state index >= 15 is 0 Å². The molecule has 0 spiro atoms. The van der Waals surface area contributed by atoms with E-state index in [0.29, 0.717) is 0 Å². The zero-order valence-electron chi connectivity index (χ0n) is 11.1. The molecule has 0 aliphatic carbocycles. The summed E-state index contributed by atoms with van der Waals surface area (Å²) < 4.78 is 7.06. The summed E-state index contributed by atoms with van der Waals surface area (Å²) in [4.78, 5) is 0. The van der Waals surface area contributed by atoms with E-state index in [1.54, 1.807) is 7.11 Å². The largest absolute Gasteiger partial charge is 0.554 e. The van der Waals surface area contributed by atoms with Gasteiger partial charge >= 0.3 is 0 Å². The summed E-state index contributed by atoms with van der Waals surface area (Å²) in [5.74, 6) is 0.811. The summed E-state index contributed by atoms with van der Waals surface area (Å²) in [5.41, 5.74) is 4.53. The SMILES string of the molecule is CCc1nn(-c2[c-]cc(OC)cc2)c(C)c1C.[Ir]. The van der Waals surface area contributed by atoms with Crippen molar-refractivity contribution in [3.8, 4) is 11.4 Å². The molecule has 0 atom stereocenters. The normalized spacial score (nSPS) is 10.0. The number of methoxy groups -OCH3 is 1. The van der Waals surface area contributed by atoms with E-state index in [2.05, 4.69) is 31.9 Å². The van der Waals surface area contributed by atoms with E-state index in [4.69, 9.17) is 4.74 Å². The number of aromatic nitrogens is 2. The summed E-state index contributed by atoms with van der Waals surface area (Å²) >= 11 is 0. The monoisotopic (exact) mass is 422 g/mol. The Kier molecular flexibility index (Phi) is 5.12. The first kappa shape index (κ1) is 14.9. The van der Waals surface area contributed by atoms with Crippen molar-refractivity contribution >= 4 is 0 Å². The molecule has 1 radical (unpaired) electrons. The Morgan fingerprint density at radius 2 is 2.06 bits per heavy atom. The second-order valence-electron chi connectivity index (χ2n) is 4.04. The fourth-order valence-corrected chi connectivity index (χ4v) is 1.87. The van der Waals surface area contributed by atoms with Crippen molar-refractivity contribution < 1.29 is 24.8 Å². The molecule has 0 aliphatic heterocycles. The van der Waals surface area contributed by atoms with E-state index in [1.165, 1.54) is 11.3 Å². The van der Waals surface area contributed by atoms with Gasteiger partial charge < -0.3 is 4.74 Å². The molecular formula is C14H17IrN2O-. The average Bonchev–Trinajstić information content (AvgIpc) is 2.66. The average molecular weight is 422 g/mol. The first-order valence-corrected chi connectivity index (χ1v) is 5.78. The van der Waals surface area contributed by atoms with E-state index in [1.807, 2.05) is 22.9 Å². The summed E-state index contributed by atoms with van der Waals surface area (Å²) in [6.07, 6.45) is 0.954. The van der Waals surface area contributed by atoms with Gasteiger partial charge in [0, 0.05) is 31.5 Å². The molecule has 1 aromatic carbocycles. The molecule has 0 fully saturated rings. The van der Waals surface area contributed by atoms with Crippen molar-refractivity contribution in [3.05, 3.63) is 41.2 Å². The molecular weight excluding hydrogens is 404 g/mol. The van der Waals surface area contributed by atoms with Gasteiger partial charge in [0.1, 0.15) is 0 Å². The van der Waals surface area contributed by atoms with Crippen molar-refractivity contribution in [2.45, 2.75) is 27.2 Å². The topological polar surface area (TPSA) is 27.1 Å². The van der Waals surface area contributed by atoms with Crippen LogP contribution in [-0.2, 0) is 26.5 Å². The van der Waals surface area contributed by atoms with Gasteiger partial charge in [-0.25, -0.2) is 0 Å². The van der Waals surface area contributed by atoms with Gasteiger partial charge in [-0.1, -0.05) is 6.92 Å². The third kappa shape index (κ3) is 2.65. The Bertz CT molecular complexity index is 517. The maximum Gasteiger partial charge on any atom is 0.0657 e. The number of aryl methyl sites for hydroxylation is 1. The standard InChI is InChI=1S/C14H17N2O.Ir/c1-5-14-10(2)11(3)16(15-14)12-6-8-13(17-4)9-7-12;/h6,8-9H,5H2,1-4H3;/q-1;. The van der Waals surface area contributed by atoms with Crippen molar-refractivity contribution in [1.82, 2.24) is 9.78 Å². The molecule has 0 N–H and O–H groups in total. The third-order valence-corrected chi connectivity index (χ3v) is 3.08. The molecule has 0 aliphatic rings. The molecule has 2 aromatic rings. The number of nitrogens with zero attached hydrogens (tertiary/aromatic N) is 2. The van der Waals surface area contributed by atoms with Gasteiger partial charge in [0.2, 0.25) is 0 Å². The molecule has 0 unspecified atom stereocenters. The molecule has 0 bridgehead atoms. The van der Waals surface area contributed by atoms with E-state index in [0.717, 1.165) is 23.6 Å². The molecule has 18 heavy (non-hydrogen) atoms. The minimum absolute atomic E-state index is 0. The number of ether oxygens (including phenoxy) is 1. The quantitative estimate of drug-likeness (QED) is 0.713. The van der Waals surface area contributed by atoms with Gasteiger partial charge in [0.15, 0.2) is 0 Å². The van der Waals surface area contributed by atoms with Gasteiger partial charge in [-0.2, -0.15) is 11.2 Å². The van der Waals surface area contributed by atoms with Crippen LogP contribution >= 0.6 is 0 Å². The van der Waals surface area contributed by atoms with Gasteiger partial charge in [-0.3, -0.25) is 4.68 Å². The molecule has 2 rings (SSSR count). The van der Waals surface area contributed by atoms with Crippen LogP contribution in [0.25, 0.3) is 5.69 Å². The molecule has 1 aromatic heterocycles. The zero-order chi connectivity index (χ0) is 12.4. The molecule has 0 saturated heterocycles. The van der Waals surface area contributed by atoms with Crippen molar-refractivity contribution in [2.24, 2.45) is 0 Å². The fraction of sp³-hybridized carbons (Fsp3) is 0.357. The first-order chi connectivity index (χ1) is 8.17. The molecule has 99 valence electrons. The van der Waals surface area contributed by atoms with E-state index in [-0.39, 0.29) is 20.1 Å². The first-order valence-electron chi connectivity index (χ1n) is 5.78. The number of benzene rings is 1. The van der Waals surface area contributed by atoms with Gasteiger partial charge in [-0.15, -0.1) is 18.2 Å². The Balaban J connectivity index is 0.00000162. The van der Waals surface area contributed by atoms with Crippen LogP contribution in [0.2, 0.25) is 0 Å². The van der Waals surface area contributed by atoms with Crippen LogP contribution in [0, 0.1) is 19.9 Å². The molecule has 4 heteroatoms. The molecule has 1 heterocycles. The predicted molar refractivity (Wildman–Crippen MR) is 67.8 cm³/mol. The smallest absolute Gasteiger partial charge is 0.0657 e. The Morgan fingerprint density at radius 3 is 2.50 bits per heavy atom. The summed E-state index contributed by atoms with van der Waals surface area (Å²) in [7, 11) is 1.65. The fourth-order valence-electron chi connectivity index (χ4n) is 1.87. The molecule has 0 saturated carbocycles. The summed E-state index contributed by atoms with van der Waals surface area (Å²) in [6, 6.07) is 8.91. The maximum atomic E-state index is 5.12. The predicted octanol–water partition coefficient (Wildman–Crippen LogP) is 2.86. The van der Waals surface area contributed by atoms with Crippen LogP contribution in [0.15, 0.2) is 18.2 Å². The van der Waals surface area contributed by atoms with Gasteiger partial charge in [0.25, 0.3) is 0 Å². The van der Waals surface area contributed by atoms with Crippen molar-refractivity contribution in [3.63, 3.8) is 0 Å². The second kappa shape index (κ2) is 6.17. The molecule has 3 nitrogen and oxygen atoms in total. The van der Waals surface area contributed by atoms with Gasteiger partial charge in [-0.05, 0) is 31.5 Å². The number of hydrogen-bond acceptors (Lipinski definition) is 2. The van der Waals surface area contributed by atoms with Crippen LogP contribution in [0.4, 0.5) is 0 Å². The third-order valence-electron chi connectivity index (χ3n) is 3.08. The van der Waals surface area contributed by atoms with Crippen LogP contribution in [-0.4, -0.2) is 16.9 Å². The van der Waals surface area contributed by atoms with Crippen molar-refractivity contribution in [2.75, 3.05) is 7.11 Å². The summed E-state index contributed by atoms with van der Waals surface area (Å²) in [6.45, 7) is 6.32. The summed E-state index contributed by atoms with van der Waals surface area (Å²) in [5, 5.41) is 4.60. The Hall–Kier alpha value is -1.12. The maximum absolute atomic E-state index is 5.12. The molecule has 0 amide bonds. The Labute approximate surface area is 122 Å². The van der Waals surface area contributed by atoms with Crippen LogP contribution in [0.3, 0.4) is 0 Å². The number of rotatable bonds is 3. The Morgan fingerprint density at radius 1 is 1.33 bits per heavy atom. The van der Waals surface area contributed by atoms with Gasteiger partial charge in [0.05, 0.1) is 12.8 Å². The second-order valence-corrected chi connectivity index (χ2v) is 4.04. The minimum atomic E-state index is 0. The zero-order valence-corrected chi connectivity index (χ0v) is 13.5. The van der Waals surface area contributed by atoms with E-state index in [9.17, 15) is 0 Å². The minimum Gasteiger partial charge on any atom is -0.554 e. The van der Waals surface area contributed by atoms with Crippen LogP contribution in [0.1, 0.15) is 23.9 Å². The van der Waals surface area contributed by atoms with Crippen molar-refractivity contribution in [1.29, 1.82) is 0 Å². The van der Waals surface area contributed by atoms with Crippen LogP contribution < -0.4 is 4.74 Å².